The molecule has 0 unspecified atom stereocenters. The number of ether oxygens (including phenoxy) is 1. The minimum atomic E-state index is 0.769. The van der Waals surface area contributed by atoms with Gasteiger partial charge >= 0.3 is 0 Å². The van der Waals surface area contributed by atoms with Gasteiger partial charge in [-0.1, -0.05) is 19.1 Å². The van der Waals surface area contributed by atoms with Crippen LogP contribution in [0.5, 0.6) is 5.75 Å². The number of pyridine rings is 1. The zero-order valence-electron chi connectivity index (χ0n) is 10.1. The van der Waals surface area contributed by atoms with Crippen LogP contribution in [-0.2, 0) is 0 Å². The molecule has 0 spiro atoms. The molecule has 17 heavy (non-hydrogen) atoms. The molecular weight excluding hydrogens is 212 g/mol. The summed E-state index contributed by atoms with van der Waals surface area (Å²) < 4.78 is 5.32. The van der Waals surface area contributed by atoms with E-state index >= 15 is 0 Å². The molecule has 88 valence electrons. The Balaban J connectivity index is 2.39. The lowest BCUT2D eigenvalue weighted by Gasteiger charge is -2.17. The van der Waals surface area contributed by atoms with Crippen molar-refractivity contribution in [1.82, 2.24) is 4.98 Å². The molecule has 0 atom stereocenters. The van der Waals surface area contributed by atoms with Gasteiger partial charge < -0.3 is 9.64 Å². The molecule has 2 rings (SSSR count). The van der Waals surface area contributed by atoms with E-state index in [4.69, 9.17) is 4.74 Å². The Morgan fingerprint density at radius 2 is 2.24 bits per heavy atom. The van der Waals surface area contributed by atoms with Gasteiger partial charge in [-0.15, -0.1) is 0 Å². The fourth-order valence-electron chi connectivity index (χ4n) is 1.66. The molecule has 0 fully saturated rings. The standard InChI is InChI=1S/C14H16N2O/c1-3-12-7-4-5-10-16(11-12)14-13(17-2)8-6-9-15-14/h4-11H,3H2,1-2H3. The number of rotatable bonds is 3. The second-order valence-electron chi connectivity index (χ2n) is 3.69. The number of hydrogen-bond acceptors (Lipinski definition) is 3. The Morgan fingerprint density at radius 1 is 1.35 bits per heavy atom. The molecule has 1 aromatic rings. The van der Waals surface area contributed by atoms with Crippen molar-refractivity contribution in [3.8, 4) is 5.75 Å². The minimum Gasteiger partial charge on any atom is -0.493 e. The van der Waals surface area contributed by atoms with Gasteiger partial charge in [0.1, 0.15) is 0 Å². The fourth-order valence-corrected chi connectivity index (χ4v) is 1.66. The van der Waals surface area contributed by atoms with Crippen molar-refractivity contribution in [2.75, 3.05) is 12.0 Å². The lowest BCUT2D eigenvalue weighted by molar-refractivity contribution is 0.414. The maximum Gasteiger partial charge on any atom is 0.179 e. The SMILES string of the molecule is CCC1=CN(c2ncccc2OC)C=CC=C1. The minimum absolute atomic E-state index is 0.769. The van der Waals surface area contributed by atoms with Gasteiger partial charge in [-0.25, -0.2) is 4.98 Å². The topological polar surface area (TPSA) is 25.4 Å². The van der Waals surface area contributed by atoms with Crippen LogP contribution in [-0.4, -0.2) is 12.1 Å². The summed E-state index contributed by atoms with van der Waals surface area (Å²) in [4.78, 5) is 6.34. The fraction of sp³-hybridized carbons (Fsp3) is 0.214. The summed E-state index contributed by atoms with van der Waals surface area (Å²) in [7, 11) is 1.66. The van der Waals surface area contributed by atoms with E-state index in [1.807, 2.05) is 35.4 Å². The first-order valence-electron chi connectivity index (χ1n) is 5.68. The van der Waals surface area contributed by atoms with E-state index in [2.05, 4.69) is 24.2 Å². The summed E-state index contributed by atoms with van der Waals surface area (Å²) >= 11 is 0. The smallest absolute Gasteiger partial charge is 0.179 e. The molecule has 0 saturated heterocycles. The molecule has 3 nitrogen and oxygen atoms in total. The van der Waals surface area contributed by atoms with Crippen molar-refractivity contribution in [1.29, 1.82) is 0 Å². The van der Waals surface area contributed by atoms with Gasteiger partial charge in [-0.2, -0.15) is 0 Å². The molecule has 0 N–H and O–H groups in total. The Hall–Kier alpha value is -2.03. The van der Waals surface area contributed by atoms with Gasteiger partial charge in [-0.3, -0.25) is 0 Å². The molecule has 0 bridgehead atoms. The zero-order valence-corrected chi connectivity index (χ0v) is 10.1. The lowest BCUT2D eigenvalue weighted by Crippen LogP contribution is -2.10. The first kappa shape index (κ1) is 11.5. The monoisotopic (exact) mass is 228 g/mol. The van der Waals surface area contributed by atoms with Gasteiger partial charge in [0.2, 0.25) is 0 Å². The Labute approximate surface area is 102 Å². The first-order chi connectivity index (χ1) is 8.35. The molecule has 3 heteroatoms. The zero-order chi connectivity index (χ0) is 12.1. The second-order valence-corrected chi connectivity index (χ2v) is 3.69. The molecule has 0 aromatic carbocycles. The van der Waals surface area contributed by atoms with Crippen LogP contribution in [0.2, 0.25) is 0 Å². The lowest BCUT2D eigenvalue weighted by atomic mass is 10.2. The number of nitrogens with zero attached hydrogens (tertiary/aromatic N) is 2. The normalized spacial score (nSPS) is 14.5. The van der Waals surface area contributed by atoms with E-state index in [1.165, 1.54) is 5.57 Å². The van der Waals surface area contributed by atoms with Crippen LogP contribution in [0.15, 0.2) is 54.5 Å². The highest BCUT2D eigenvalue weighted by molar-refractivity contribution is 5.58. The molecular formula is C14H16N2O. The van der Waals surface area contributed by atoms with Crippen LogP contribution in [0.1, 0.15) is 13.3 Å². The molecule has 1 aliphatic rings. The van der Waals surface area contributed by atoms with E-state index in [0.29, 0.717) is 0 Å². The molecule has 1 aromatic heterocycles. The van der Waals surface area contributed by atoms with E-state index in [-0.39, 0.29) is 0 Å². The number of hydrogen-bond donors (Lipinski definition) is 0. The summed E-state index contributed by atoms with van der Waals surface area (Å²) in [6.07, 6.45) is 12.9. The van der Waals surface area contributed by atoms with Gasteiger partial charge in [-0.05, 0) is 30.2 Å². The summed E-state index contributed by atoms with van der Waals surface area (Å²) in [5, 5.41) is 0. The maximum absolute atomic E-state index is 5.32. The third-order valence-electron chi connectivity index (χ3n) is 2.60. The van der Waals surface area contributed by atoms with Crippen molar-refractivity contribution in [3.05, 3.63) is 54.5 Å². The van der Waals surface area contributed by atoms with Gasteiger partial charge in [0.05, 0.1) is 7.11 Å². The summed E-state index contributed by atoms with van der Waals surface area (Å²) in [6, 6.07) is 3.78. The van der Waals surface area contributed by atoms with Crippen LogP contribution < -0.4 is 9.64 Å². The summed E-state index contributed by atoms with van der Waals surface area (Å²) in [5.74, 6) is 1.58. The maximum atomic E-state index is 5.32. The van der Waals surface area contributed by atoms with E-state index in [0.717, 1.165) is 18.0 Å². The van der Waals surface area contributed by atoms with Crippen LogP contribution in [0, 0.1) is 0 Å². The highest BCUT2D eigenvalue weighted by atomic mass is 16.5. The predicted octanol–water partition coefficient (Wildman–Crippen LogP) is 3.27. The highest BCUT2D eigenvalue weighted by Crippen LogP contribution is 2.27. The predicted molar refractivity (Wildman–Crippen MR) is 69.9 cm³/mol. The van der Waals surface area contributed by atoms with Gasteiger partial charge in [0, 0.05) is 18.6 Å². The highest BCUT2D eigenvalue weighted by Gasteiger charge is 2.09. The van der Waals surface area contributed by atoms with Gasteiger partial charge in [0.15, 0.2) is 11.6 Å². The third-order valence-corrected chi connectivity index (χ3v) is 2.60. The first-order valence-corrected chi connectivity index (χ1v) is 5.68. The van der Waals surface area contributed by atoms with Crippen molar-refractivity contribution in [2.45, 2.75) is 13.3 Å². The quantitative estimate of drug-likeness (QED) is 0.794. The molecule has 0 aliphatic carbocycles. The van der Waals surface area contributed by atoms with Crippen molar-refractivity contribution in [2.24, 2.45) is 0 Å². The van der Waals surface area contributed by atoms with Crippen LogP contribution in [0.3, 0.4) is 0 Å². The molecule has 0 saturated carbocycles. The molecule has 0 radical (unpaired) electrons. The van der Waals surface area contributed by atoms with Crippen LogP contribution in [0.4, 0.5) is 5.82 Å². The van der Waals surface area contributed by atoms with Crippen LogP contribution in [0.25, 0.3) is 0 Å². The average Bonchev–Trinajstić information content (AvgIpc) is 2.64. The second kappa shape index (κ2) is 5.34. The van der Waals surface area contributed by atoms with Crippen LogP contribution >= 0.6 is 0 Å². The van der Waals surface area contributed by atoms with Crippen molar-refractivity contribution >= 4 is 5.82 Å². The van der Waals surface area contributed by atoms with Gasteiger partial charge in [0.25, 0.3) is 0 Å². The number of methoxy groups -OCH3 is 1. The third kappa shape index (κ3) is 2.56. The molecule has 2 heterocycles. The van der Waals surface area contributed by atoms with E-state index < -0.39 is 0 Å². The molecule has 0 amide bonds. The van der Waals surface area contributed by atoms with E-state index in [9.17, 15) is 0 Å². The Bertz CT molecular complexity index is 475. The molecule has 1 aliphatic heterocycles. The summed E-state index contributed by atoms with van der Waals surface area (Å²) in [5.41, 5.74) is 1.25. The Kier molecular flexibility index (Phi) is 3.60. The number of allylic oxidation sites excluding steroid dienone is 4. The van der Waals surface area contributed by atoms with E-state index in [1.54, 1.807) is 13.3 Å². The average molecular weight is 228 g/mol. The van der Waals surface area contributed by atoms with Crippen molar-refractivity contribution < 1.29 is 4.74 Å². The van der Waals surface area contributed by atoms with Crippen molar-refractivity contribution in [3.63, 3.8) is 0 Å². The Morgan fingerprint density at radius 3 is 3.00 bits per heavy atom. The summed E-state index contributed by atoms with van der Waals surface area (Å²) in [6.45, 7) is 2.13. The number of anilines is 1. The number of aromatic nitrogens is 1. The largest absolute Gasteiger partial charge is 0.493 e.